The van der Waals surface area contributed by atoms with E-state index in [4.69, 9.17) is 4.42 Å². The number of nitrogens with zero attached hydrogens (tertiary/aromatic N) is 2. The lowest BCUT2D eigenvalue weighted by molar-refractivity contribution is -0.122. The number of hydrogen-bond donors (Lipinski definition) is 1. The molecule has 0 saturated heterocycles. The highest BCUT2D eigenvalue weighted by atomic mass is 32.2. The lowest BCUT2D eigenvalue weighted by Crippen LogP contribution is -2.43. The number of sulfonamides is 1. The maximum Gasteiger partial charge on any atom is 0.243 e. The Labute approximate surface area is 197 Å². The minimum Gasteiger partial charge on any atom is -0.469 e. The van der Waals surface area contributed by atoms with Crippen molar-refractivity contribution in [2.45, 2.75) is 37.8 Å². The summed E-state index contributed by atoms with van der Waals surface area (Å²) in [7, 11) is -3.93. The maximum atomic E-state index is 13.6. The topological polar surface area (TPSA) is 92.5 Å². The number of carbonyl (C=O) groups is 1. The third-order valence-corrected chi connectivity index (χ3v) is 7.84. The van der Waals surface area contributed by atoms with Crippen LogP contribution in [0, 0.1) is 6.92 Å². The van der Waals surface area contributed by atoms with Gasteiger partial charge >= 0.3 is 0 Å². The number of amides is 1. The van der Waals surface area contributed by atoms with Crippen molar-refractivity contribution in [3.05, 3.63) is 83.3 Å². The van der Waals surface area contributed by atoms with E-state index in [-0.39, 0.29) is 29.9 Å². The molecule has 172 valence electrons. The van der Waals surface area contributed by atoms with Crippen LogP contribution < -0.4 is 5.32 Å². The van der Waals surface area contributed by atoms with Crippen LogP contribution in [0.25, 0.3) is 10.2 Å². The Morgan fingerprint density at radius 2 is 1.94 bits per heavy atom. The van der Waals surface area contributed by atoms with Gasteiger partial charge in [-0.2, -0.15) is 4.31 Å². The standard InChI is InChI=1S/C24H25N3O4S2/c1-17(13-20-9-6-12-31-20)25-24(28)16-27(15-19-7-4-3-5-8-19)33(29,30)21-10-11-22-23(14-21)32-18(2)26-22/h3-12,14,17H,13,15-16H2,1-2H3,(H,25,28)/t17-/m1/s1. The first-order chi connectivity index (χ1) is 15.8. The van der Waals surface area contributed by atoms with Gasteiger partial charge in [-0.1, -0.05) is 30.3 Å². The average Bonchev–Trinajstić information content (AvgIpc) is 3.41. The molecule has 2 heterocycles. The van der Waals surface area contributed by atoms with Crippen LogP contribution in [0.4, 0.5) is 0 Å². The molecule has 9 heteroatoms. The molecule has 4 aromatic rings. The molecule has 2 aromatic heterocycles. The van der Waals surface area contributed by atoms with E-state index >= 15 is 0 Å². The lowest BCUT2D eigenvalue weighted by atomic mass is 10.2. The van der Waals surface area contributed by atoms with E-state index in [0.717, 1.165) is 26.5 Å². The van der Waals surface area contributed by atoms with Gasteiger partial charge in [0, 0.05) is 19.0 Å². The number of carbonyl (C=O) groups excluding carboxylic acids is 1. The Morgan fingerprint density at radius 1 is 1.15 bits per heavy atom. The highest BCUT2D eigenvalue weighted by Gasteiger charge is 2.28. The van der Waals surface area contributed by atoms with Gasteiger partial charge in [0.2, 0.25) is 15.9 Å². The Hall–Kier alpha value is -3.01. The summed E-state index contributed by atoms with van der Waals surface area (Å²) < 4.78 is 34.5. The molecule has 0 bridgehead atoms. The third kappa shape index (κ3) is 5.68. The summed E-state index contributed by atoms with van der Waals surface area (Å²) in [6.45, 7) is 3.54. The van der Waals surface area contributed by atoms with Crippen LogP contribution in [0.2, 0.25) is 0 Å². The molecule has 0 unspecified atom stereocenters. The van der Waals surface area contributed by atoms with E-state index < -0.39 is 10.0 Å². The van der Waals surface area contributed by atoms with E-state index in [0.29, 0.717) is 6.42 Å². The van der Waals surface area contributed by atoms with Gasteiger partial charge in [0.1, 0.15) is 5.76 Å². The van der Waals surface area contributed by atoms with Crippen LogP contribution in [0.15, 0.2) is 76.2 Å². The highest BCUT2D eigenvalue weighted by molar-refractivity contribution is 7.89. The molecule has 1 amide bonds. The second-order valence-corrected chi connectivity index (χ2v) is 11.0. The van der Waals surface area contributed by atoms with Crippen molar-refractivity contribution in [2.24, 2.45) is 0 Å². The number of furan rings is 1. The smallest absolute Gasteiger partial charge is 0.243 e. The van der Waals surface area contributed by atoms with E-state index in [2.05, 4.69) is 10.3 Å². The van der Waals surface area contributed by atoms with Gasteiger partial charge in [-0.3, -0.25) is 4.79 Å². The summed E-state index contributed by atoms with van der Waals surface area (Å²) in [6, 6.07) is 17.5. The van der Waals surface area contributed by atoms with Crippen LogP contribution in [0.1, 0.15) is 23.3 Å². The highest BCUT2D eigenvalue weighted by Crippen LogP contribution is 2.27. The first-order valence-corrected chi connectivity index (χ1v) is 12.8. The maximum absolute atomic E-state index is 13.6. The van der Waals surface area contributed by atoms with Gasteiger partial charge in [0.05, 0.1) is 32.9 Å². The molecular weight excluding hydrogens is 458 g/mol. The first kappa shape index (κ1) is 23.2. The van der Waals surface area contributed by atoms with Crippen molar-refractivity contribution >= 4 is 37.5 Å². The molecule has 0 aliphatic rings. The molecule has 2 aromatic carbocycles. The van der Waals surface area contributed by atoms with Crippen molar-refractivity contribution in [1.29, 1.82) is 0 Å². The summed E-state index contributed by atoms with van der Waals surface area (Å²) in [4.78, 5) is 17.4. The van der Waals surface area contributed by atoms with Crippen LogP contribution >= 0.6 is 11.3 Å². The minimum atomic E-state index is -3.93. The quantitative estimate of drug-likeness (QED) is 0.386. The molecule has 0 spiro atoms. The number of aromatic nitrogens is 1. The van der Waals surface area contributed by atoms with Crippen LogP contribution in [0.5, 0.6) is 0 Å². The SMILES string of the molecule is Cc1nc2ccc(S(=O)(=O)N(CC(=O)N[C@H](C)Cc3ccco3)Cc3ccccc3)cc2s1. The van der Waals surface area contributed by atoms with E-state index in [9.17, 15) is 13.2 Å². The van der Waals surface area contributed by atoms with E-state index in [1.165, 1.54) is 15.6 Å². The number of aryl methyl sites for hydroxylation is 1. The molecule has 0 saturated carbocycles. The van der Waals surface area contributed by atoms with Crippen molar-refractivity contribution in [3.8, 4) is 0 Å². The zero-order chi connectivity index (χ0) is 23.4. The Kier molecular flexibility index (Phi) is 6.92. The normalized spacial score (nSPS) is 12.8. The zero-order valence-corrected chi connectivity index (χ0v) is 20.0. The van der Waals surface area contributed by atoms with Crippen molar-refractivity contribution in [1.82, 2.24) is 14.6 Å². The number of hydrogen-bond acceptors (Lipinski definition) is 6. The predicted octanol–water partition coefficient (Wildman–Crippen LogP) is 4.14. The molecule has 4 rings (SSSR count). The van der Waals surface area contributed by atoms with Crippen molar-refractivity contribution in [2.75, 3.05) is 6.54 Å². The fraction of sp³-hybridized carbons (Fsp3) is 0.250. The molecule has 7 nitrogen and oxygen atoms in total. The largest absolute Gasteiger partial charge is 0.469 e. The summed E-state index contributed by atoms with van der Waals surface area (Å²) >= 11 is 1.44. The second kappa shape index (κ2) is 9.86. The molecular formula is C24H25N3O4S2. The van der Waals surface area contributed by atoms with Gasteiger partial charge in [-0.15, -0.1) is 11.3 Å². The monoisotopic (exact) mass is 483 g/mol. The first-order valence-electron chi connectivity index (χ1n) is 10.5. The van der Waals surface area contributed by atoms with Crippen molar-refractivity contribution in [3.63, 3.8) is 0 Å². The number of rotatable bonds is 9. The summed E-state index contributed by atoms with van der Waals surface area (Å²) in [5.41, 5.74) is 1.56. The molecule has 0 radical (unpaired) electrons. The number of fused-ring (bicyclic) bond motifs is 1. The summed E-state index contributed by atoms with van der Waals surface area (Å²) in [5.74, 6) is 0.382. The minimum absolute atomic E-state index is 0.0862. The number of benzene rings is 2. The molecule has 1 atom stereocenters. The summed E-state index contributed by atoms with van der Waals surface area (Å²) in [5, 5.41) is 3.74. The third-order valence-electron chi connectivity index (χ3n) is 5.12. The molecule has 1 N–H and O–H groups in total. The Morgan fingerprint density at radius 3 is 2.67 bits per heavy atom. The van der Waals surface area contributed by atoms with E-state index in [1.54, 1.807) is 30.5 Å². The number of thiazole rings is 1. The van der Waals surface area contributed by atoms with Crippen LogP contribution in [-0.2, 0) is 27.8 Å². The lowest BCUT2D eigenvalue weighted by Gasteiger charge is -2.23. The molecule has 0 aliphatic heterocycles. The fourth-order valence-electron chi connectivity index (χ4n) is 3.60. The molecule has 0 aliphatic carbocycles. The van der Waals surface area contributed by atoms with Crippen molar-refractivity contribution < 1.29 is 17.6 Å². The Bertz CT molecular complexity index is 1330. The zero-order valence-electron chi connectivity index (χ0n) is 18.4. The van der Waals surface area contributed by atoms with Crippen LogP contribution in [0.3, 0.4) is 0 Å². The molecule has 33 heavy (non-hydrogen) atoms. The van der Waals surface area contributed by atoms with Gasteiger partial charge in [0.25, 0.3) is 0 Å². The average molecular weight is 484 g/mol. The van der Waals surface area contributed by atoms with E-state index in [1.807, 2.05) is 50.2 Å². The van der Waals surface area contributed by atoms with Gasteiger partial charge in [-0.05, 0) is 49.7 Å². The second-order valence-electron chi connectivity index (χ2n) is 7.87. The predicted molar refractivity (Wildman–Crippen MR) is 128 cm³/mol. The van der Waals surface area contributed by atoms with Crippen LogP contribution in [-0.4, -0.2) is 36.2 Å². The Balaban J connectivity index is 1.57. The van der Waals surface area contributed by atoms with Gasteiger partial charge < -0.3 is 9.73 Å². The summed E-state index contributed by atoms with van der Waals surface area (Å²) in [6.07, 6.45) is 2.10. The van der Waals surface area contributed by atoms with Gasteiger partial charge in [0.15, 0.2) is 0 Å². The van der Waals surface area contributed by atoms with Gasteiger partial charge in [-0.25, -0.2) is 13.4 Å². The molecule has 0 fully saturated rings. The fourth-order valence-corrected chi connectivity index (χ4v) is 5.96. The number of nitrogens with one attached hydrogen (secondary N) is 1.